The van der Waals surface area contributed by atoms with Gasteiger partial charge in [0.15, 0.2) is 12.7 Å². The molecule has 0 aliphatic carbocycles. The summed E-state index contributed by atoms with van der Waals surface area (Å²) in [6.45, 7) is 2.26. The normalized spacial score (nSPS) is 16.2. The lowest BCUT2D eigenvalue weighted by molar-refractivity contribution is -0.142. The Morgan fingerprint density at radius 1 is 0.739 bits per heavy atom. The van der Waals surface area contributed by atoms with Crippen LogP contribution < -0.4 is 0 Å². The van der Waals surface area contributed by atoms with E-state index in [2.05, 4.69) is 9.47 Å². The zero-order chi connectivity index (χ0) is 17.9. The highest BCUT2D eigenvalue weighted by atomic mass is 31.2. The van der Waals surface area contributed by atoms with Crippen LogP contribution in [0.5, 0.6) is 0 Å². The van der Waals surface area contributed by atoms with Crippen LogP contribution in [0.25, 0.3) is 0 Å². The lowest BCUT2D eigenvalue weighted by Gasteiger charge is -2.07. The van der Waals surface area contributed by atoms with Gasteiger partial charge < -0.3 is 19.3 Å². The molecule has 10 heteroatoms. The van der Waals surface area contributed by atoms with Gasteiger partial charge in [0.1, 0.15) is 0 Å². The monoisotopic (exact) mass is 372 g/mol. The summed E-state index contributed by atoms with van der Waals surface area (Å²) in [5, 5.41) is 0. The Morgan fingerprint density at radius 3 is 1.35 bits per heavy atom. The van der Waals surface area contributed by atoms with E-state index in [1.807, 2.05) is 0 Å². The molecular formula is C13H26O8P2. The van der Waals surface area contributed by atoms with Gasteiger partial charge in [-0.1, -0.05) is 19.3 Å². The van der Waals surface area contributed by atoms with Gasteiger partial charge in [-0.25, -0.2) is 0 Å². The summed E-state index contributed by atoms with van der Waals surface area (Å²) < 4.78 is 31.2. The molecule has 2 atom stereocenters. The van der Waals surface area contributed by atoms with Crippen LogP contribution in [0.15, 0.2) is 0 Å². The fraction of sp³-hybridized carbons (Fsp3) is 0.846. The molecule has 2 unspecified atom stereocenters. The Morgan fingerprint density at radius 2 is 1.04 bits per heavy atom. The Labute approximate surface area is 136 Å². The van der Waals surface area contributed by atoms with E-state index in [0.717, 1.165) is 32.6 Å². The van der Waals surface area contributed by atoms with Crippen molar-refractivity contribution in [2.75, 3.05) is 26.0 Å². The first-order chi connectivity index (χ1) is 10.5. The van der Waals surface area contributed by atoms with Crippen LogP contribution >= 0.6 is 14.7 Å². The topological polar surface area (TPSA) is 127 Å². The van der Waals surface area contributed by atoms with Crippen molar-refractivity contribution >= 4 is 26.7 Å². The molecule has 2 N–H and O–H groups in total. The van der Waals surface area contributed by atoms with E-state index in [-0.39, 0.29) is 12.8 Å². The highest BCUT2D eigenvalue weighted by Gasteiger charge is 2.14. The minimum atomic E-state index is -3.32. The van der Waals surface area contributed by atoms with Crippen molar-refractivity contribution < 1.29 is 38.0 Å². The summed E-state index contributed by atoms with van der Waals surface area (Å²) >= 11 is 0. The second-order valence-electron chi connectivity index (χ2n) is 5.66. The van der Waals surface area contributed by atoms with E-state index < -0.39 is 39.4 Å². The third kappa shape index (κ3) is 17.5. The van der Waals surface area contributed by atoms with Crippen molar-refractivity contribution in [3.63, 3.8) is 0 Å². The standard InChI is InChI=1S/C13H26O8P2/c1-22(16,17)10-20-12(14)8-6-4-3-5-7-9-13(15)21-11-23(2,18)19/h3-11H2,1-2H3,(H,16,17)(H,18,19). The van der Waals surface area contributed by atoms with Gasteiger partial charge in [-0.2, -0.15) is 0 Å². The molecule has 0 amide bonds. The van der Waals surface area contributed by atoms with Crippen LogP contribution in [0.1, 0.15) is 44.9 Å². The van der Waals surface area contributed by atoms with E-state index >= 15 is 0 Å². The maximum absolute atomic E-state index is 11.3. The molecule has 0 spiro atoms. The van der Waals surface area contributed by atoms with Crippen molar-refractivity contribution in [3.05, 3.63) is 0 Å². The molecule has 0 radical (unpaired) electrons. The Balaban J connectivity index is 3.49. The highest BCUT2D eigenvalue weighted by molar-refractivity contribution is 7.57. The third-order valence-corrected chi connectivity index (χ3v) is 3.91. The molecule has 0 aliphatic heterocycles. The van der Waals surface area contributed by atoms with Gasteiger partial charge in [-0.3, -0.25) is 18.7 Å². The summed E-state index contributed by atoms with van der Waals surface area (Å²) in [7, 11) is -6.64. The predicted molar refractivity (Wildman–Crippen MR) is 85.7 cm³/mol. The smallest absolute Gasteiger partial charge is 0.306 e. The van der Waals surface area contributed by atoms with E-state index in [1.165, 1.54) is 0 Å². The summed E-state index contributed by atoms with van der Waals surface area (Å²) in [5.41, 5.74) is 0. The van der Waals surface area contributed by atoms with Crippen molar-refractivity contribution in [2.24, 2.45) is 0 Å². The maximum atomic E-state index is 11.3. The molecule has 0 aromatic rings. The highest BCUT2D eigenvalue weighted by Crippen LogP contribution is 2.35. The molecule has 136 valence electrons. The molecule has 0 rings (SSSR count). The number of carbonyl (C=O) groups is 2. The number of esters is 2. The summed E-state index contributed by atoms with van der Waals surface area (Å²) in [4.78, 5) is 40.5. The number of unbranched alkanes of at least 4 members (excludes halogenated alkanes) is 4. The number of ether oxygens (including phenoxy) is 2. The third-order valence-electron chi connectivity index (χ3n) is 2.69. The zero-order valence-electron chi connectivity index (χ0n) is 13.6. The van der Waals surface area contributed by atoms with Gasteiger partial charge in [-0.15, -0.1) is 0 Å². The van der Waals surface area contributed by atoms with Crippen LogP contribution in [-0.4, -0.2) is 47.8 Å². The molecule has 8 nitrogen and oxygen atoms in total. The number of hydrogen-bond acceptors (Lipinski definition) is 6. The van der Waals surface area contributed by atoms with Gasteiger partial charge in [0, 0.05) is 26.2 Å². The van der Waals surface area contributed by atoms with E-state index in [9.17, 15) is 18.7 Å². The molecule has 0 bridgehead atoms. The van der Waals surface area contributed by atoms with E-state index in [0.29, 0.717) is 12.8 Å². The number of hydrogen-bond donors (Lipinski definition) is 2. The summed E-state index contributed by atoms with van der Waals surface area (Å²) in [5.74, 6) is -0.976. The number of rotatable bonds is 12. The van der Waals surface area contributed by atoms with Crippen LogP contribution in [0.2, 0.25) is 0 Å². The van der Waals surface area contributed by atoms with Crippen LogP contribution in [-0.2, 0) is 28.2 Å². The average molecular weight is 372 g/mol. The fourth-order valence-electron chi connectivity index (χ4n) is 1.60. The molecule has 23 heavy (non-hydrogen) atoms. The Bertz CT molecular complexity index is 423. The van der Waals surface area contributed by atoms with Crippen LogP contribution in [0.4, 0.5) is 0 Å². The largest absolute Gasteiger partial charge is 0.455 e. The second kappa shape index (κ2) is 11.0. The predicted octanol–water partition coefficient (Wildman–Crippen LogP) is 2.52. The second-order valence-corrected chi connectivity index (χ2v) is 10.4. The van der Waals surface area contributed by atoms with Crippen molar-refractivity contribution in [3.8, 4) is 0 Å². The first kappa shape index (κ1) is 22.3. The Kier molecular flexibility index (Phi) is 10.7. The lowest BCUT2D eigenvalue weighted by atomic mass is 10.1. The molecule has 0 aromatic heterocycles. The van der Waals surface area contributed by atoms with Crippen LogP contribution in [0, 0.1) is 0 Å². The van der Waals surface area contributed by atoms with Gasteiger partial charge >= 0.3 is 11.9 Å². The maximum Gasteiger partial charge on any atom is 0.306 e. The molecule has 0 aliphatic rings. The quantitative estimate of drug-likeness (QED) is 0.304. The SMILES string of the molecule is CP(=O)(O)COC(=O)CCCCCCCC(=O)OCP(C)(=O)O. The van der Waals surface area contributed by atoms with Gasteiger partial charge in [0.2, 0.25) is 14.7 Å². The first-order valence-electron chi connectivity index (χ1n) is 7.39. The van der Waals surface area contributed by atoms with Gasteiger partial charge in [-0.05, 0) is 12.8 Å². The van der Waals surface area contributed by atoms with Crippen molar-refractivity contribution in [1.82, 2.24) is 0 Å². The Hall–Kier alpha value is -0.680. The minimum absolute atomic E-state index is 0.199. The number of carbonyl (C=O) groups excluding carboxylic acids is 2. The first-order valence-corrected chi connectivity index (χ1v) is 12.0. The molecule has 0 saturated heterocycles. The van der Waals surface area contributed by atoms with E-state index in [1.54, 1.807) is 0 Å². The average Bonchev–Trinajstić information content (AvgIpc) is 2.40. The van der Waals surface area contributed by atoms with Crippen LogP contribution in [0.3, 0.4) is 0 Å². The summed E-state index contributed by atoms with van der Waals surface area (Å²) in [6.07, 6.45) is 3.13. The molecule has 0 heterocycles. The van der Waals surface area contributed by atoms with Crippen molar-refractivity contribution in [2.45, 2.75) is 44.9 Å². The molecule has 0 saturated carbocycles. The fourth-order valence-corrected chi connectivity index (χ4v) is 2.36. The summed E-state index contributed by atoms with van der Waals surface area (Å²) in [6, 6.07) is 0. The minimum Gasteiger partial charge on any atom is -0.455 e. The molecule has 0 fully saturated rings. The zero-order valence-corrected chi connectivity index (χ0v) is 15.4. The van der Waals surface area contributed by atoms with Crippen molar-refractivity contribution in [1.29, 1.82) is 0 Å². The van der Waals surface area contributed by atoms with Gasteiger partial charge in [0.25, 0.3) is 0 Å². The van der Waals surface area contributed by atoms with E-state index in [4.69, 9.17) is 9.79 Å². The van der Waals surface area contributed by atoms with Gasteiger partial charge in [0.05, 0.1) is 0 Å². The molecule has 0 aromatic carbocycles. The molecular weight excluding hydrogens is 346 g/mol. The lowest BCUT2D eigenvalue weighted by Crippen LogP contribution is -2.06.